The van der Waals surface area contributed by atoms with Crippen molar-refractivity contribution in [2.24, 2.45) is 0 Å². The summed E-state index contributed by atoms with van der Waals surface area (Å²) in [6.45, 7) is 1.08. The standard InChI is InChI=1S/C15H10O4.C2H4O2/c16-10-6-11(17)15-12(18)8-13(19-14(15)7-10)9-4-2-1-3-5-9;1-2(3)4/h1-8,16-17H;1H3,(H,3,4). The molecule has 0 radical (unpaired) electrons. The number of benzene rings is 2. The number of carboxylic acids is 1. The van der Waals surface area contributed by atoms with E-state index in [1.54, 1.807) is 0 Å². The van der Waals surface area contributed by atoms with Crippen molar-refractivity contribution in [3.05, 3.63) is 58.8 Å². The smallest absolute Gasteiger partial charge is 0.300 e. The van der Waals surface area contributed by atoms with Crippen LogP contribution in [0, 0.1) is 0 Å². The summed E-state index contributed by atoms with van der Waals surface area (Å²) >= 11 is 0. The van der Waals surface area contributed by atoms with Crippen LogP contribution < -0.4 is 5.43 Å². The highest BCUT2D eigenvalue weighted by Crippen LogP contribution is 2.30. The lowest BCUT2D eigenvalue weighted by Gasteiger charge is -2.04. The molecule has 3 aromatic rings. The monoisotopic (exact) mass is 314 g/mol. The average Bonchev–Trinajstić information content (AvgIpc) is 2.46. The van der Waals surface area contributed by atoms with E-state index >= 15 is 0 Å². The fourth-order valence-corrected chi connectivity index (χ4v) is 2.00. The molecule has 6 heteroatoms. The zero-order chi connectivity index (χ0) is 17.0. The van der Waals surface area contributed by atoms with Crippen LogP contribution in [0.15, 0.2) is 57.7 Å². The van der Waals surface area contributed by atoms with Crippen LogP contribution in [0.1, 0.15) is 6.92 Å². The summed E-state index contributed by atoms with van der Waals surface area (Å²) in [4.78, 5) is 21.0. The Kier molecular flexibility index (Phi) is 4.66. The summed E-state index contributed by atoms with van der Waals surface area (Å²) in [5.74, 6) is -0.884. The first-order valence-electron chi connectivity index (χ1n) is 6.63. The highest BCUT2D eigenvalue weighted by molar-refractivity contribution is 5.85. The summed E-state index contributed by atoms with van der Waals surface area (Å²) in [7, 11) is 0. The Morgan fingerprint density at radius 2 is 1.65 bits per heavy atom. The zero-order valence-corrected chi connectivity index (χ0v) is 12.2. The maximum Gasteiger partial charge on any atom is 0.300 e. The number of rotatable bonds is 1. The van der Waals surface area contributed by atoms with Gasteiger partial charge in [-0.1, -0.05) is 30.3 Å². The summed E-state index contributed by atoms with van der Waals surface area (Å²) in [5, 5.41) is 26.6. The lowest BCUT2D eigenvalue weighted by Crippen LogP contribution is -2.00. The molecule has 0 spiro atoms. The third-order valence-electron chi connectivity index (χ3n) is 2.85. The Labute approximate surface area is 130 Å². The van der Waals surface area contributed by atoms with Gasteiger partial charge in [-0.2, -0.15) is 0 Å². The van der Waals surface area contributed by atoms with E-state index in [0.717, 1.165) is 18.6 Å². The van der Waals surface area contributed by atoms with Crippen molar-refractivity contribution in [3.8, 4) is 22.8 Å². The Morgan fingerprint density at radius 1 is 1.04 bits per heavy atom. The van der Waals surface area contributed by atoms with Gasteiger partial charge in [-0.3, -0.25) is 9.59 Å². The second-order valence-electron chi connectivity index (χ2n) is 4.70. The van der Waals surface area contributed by atoms with Gasteiger partial charge in [-0.05, 0) is 0 Å². The predicted molar refractivity (Wildman–Crippen MR) is 84.6 cm³/mol. The van der Waals surface area contributed by atoms with Crippen LogP contribution in [-0.4, -0.2) is 21.3 Å². The molecule has 118 valence electrons. The fourth-order valence-electron chi connectivity index (χ4n) is 2.00. The van der Waals surface area contributed by atoms with Gasteiger partial charge in [0.1, 0.15) is 28.2 Å². The molecule has 0 saturated carbocycles. The van der Waals surface area contributed by atoms with Gasteiger partial charge in [-0.25, -0.2) is 0 Å². The van der Waals surface area contributed by atoms with E-state index in [1.165, 1.54) is 12.1 Å². The Morgan fingerprint density at radius 3 is 2.26 bits per heavy atom. The van der Waals surface area contributed by atoms with E-state index in [-0.39, 0.29) is 27.9 Å². The predicted octanol–water partition coefficient (Wildman–Crippen LogP) is 2.96. The van der Waals surface area contributed by atoms with E-state index in [2.05, 4.69) is 0 Å². The van der Waals surface area contributed by atoms with Crippen molar-refractivity contribution in [2.45, 2.75) is 6.92 Å². The highest BCUT2D eigenvalue weighted by Gasteiger charge is 2.11. The number of phenolic OH excluding ortho intramolecular Hbond substituents is 2. The van der Waals surface area contributed by atoms with Crippen molar-refractivity contribution >= 4 is 16.9 Å². The summed E-state index contributed by atoms with van der Waals surface area (Å²) in [6.07, 6.45) is 0. The number of aromatic hydroxyl groups is 2. The molecule has 1 heterocycles. The summed E-state index contributed by atoms with van der Waals surface area (Å²) in [6, 6.07) is 12.9. The second kappa shape index (κ2) is 6.65. The topological polar surface area (TPSA) is 108 Å². The van der Waals surface area contributed by atoms with E-state index in [4.69, 9.17) is 14.3 Å². The van der Waals surface area contributed by atoms with Crippen molar-refractivity contribution in [3.63, 3.8) is 0 Å². The van der Waals surface area contributed by atoms with Crippen LogP contribution in [-0.2, 0) is 4.79 Å². The molecule has 1 aromatic heterocycles. The van der Waals surface area contributed by atoms with Gasteiger partial charge in [0.05, 0.1) is 0 Å². The molecule has 3 rings (SSSR count). The summed E-state index contributed by atoms with van der Waals surface area (Å²) in [5.41, 5.74) is 0.561. The Bertz CT molecular complexity index is 892. The molecular formula is C17H14O6. The Balaban J connectivity index is 0.000000433. The third-order valence-corrected chi connectivity index (χ3v) is 2.85. The first kappa shape index (κ1) is 16.1. The normalized spacial score (nSPS) is 9.96. The number of hydrogen-bond acceptors (Lipinski definition) is 5. The molecule has 0 aliphatic carbocycles. The number of hydrogen-bond donors (Lipinski definition) is 3. The van der Waals surface area contributed by atoms with Gasteiger partial charge in [0.2, 0.25) is 0 Å². The minimum absolute atomic E-state index is 0.0671. The zero-order valence-electron chi connectivity index (χ0n) is 12.2. The van der Waals surface area contributed by atoms with Gasteiger partial charge >= 0.3 is 0 Å². The molecule has 0 saturated heterocycles. The minimum atomic E-state index is -0.833. The Hall–Kier alpha value is -3.28. The van der Waals surface area contributed by atoms with Crippen LogP contribution in [0.2, 0.25) is 0 Å². The first-order chi connectivity index (χ1) is 10.9. The van der Waals surface area contributed by atoms with Crippen LogP contribution in [0.25, 0.3) is 22.3 Å². The molecule has 0 fully saturated rings. The largest absolute Gasteiger partial charge is 0.508 e. The first-order valence-corrected chi connectivity index (χ1v) is 6.63. The van der Waals surface area contributed by atoms with Gasteiger partial charge < -0.3 is 19.7 Å². The number of fused-ring (bicyclic) bond motifs is 1. The van der Waals surface area contributed by atoms with E-state index in [9.17, 15) is 15.0 Å². The van der Waals surface area contributed by atoms with Crippen LogP contribution >= 0.6 is 0 Å². The molecule has 6 nitrogen and oxygen atoms in total. The number of carboxylic acid groups (broad SMARTS) is 1. The maximum absolute atomic E-state index is 12.0. The quantitative estimate of drug-likeness (QED) is 0.637. The van der Waals surface area contributed by atoms with E-state index < -0.39 is 5.97 Å². The van der Waals surface area contributed by atoms with Crippen molar-refractivity contribution in [1.29, 1.82) is 0 Å². The summed E-state index contributed by atoms with van der Waals surface area (Å²) < 4.78 is 5.57. The fraction of sp³-hybridized carbons (Fsp3) is 0.0588. The maximum atomic E-state index is 12.0. The number of carbonyl (C=O) groups is 1. The molecule has 3 N–H and O–H groups in total. The molecule has 0 aliphatic rings. The third kappa shape index (κ3) is 3.88. The highest BCUT2D eigenvalue weighted by atomic mass is 16.4. The van der Waals surface area contributed by atoms with E-state index in [0.29, 0.717) is 5.76 Å². The molecule has 0 aliphatic heterocycles. The molecular weight excluding hydrogens is 300 g/mol. The molecule has 0 amide bonds. The minimum Gasteiger partial charge on any atom is -0.508 e. The lowest BCUT2D eigenvalue weighted by molar-refractivity contribution is -0.134. The van der Waals surface area contributed by atoms with Gasteiger partial charge in [0.25, 0.3) is 5.97 Å². The van der Waals surface area contributed by atoms with Gasteiger partial charge in [0, 0.05) is 30.7 Å². The van der Waals surface area contributed by atoms with Crippen LogP contribution in [0.4, 0.5) is 0 Å². The van der Waals surface area contributed by atoms with Crippen molar-refractivity contribution in [1.82, 2.24) is 0 Å². The van der Waals surface area contributed by atoms with Gasteiger partial charge in [-0.15, -0.1) is 0 Å². The SMILES string of the molecule is CC(=O)O.O=c1cc(-c2ccccc2)oc2cc(O)cc(O)c12. The molecule has 2 aromatic carbocycles. The van der Waals surface area contributed by atoms with Crippen LogP contribution in [0.5, 0.6) is 11.5 Å². The molecule has 0 unspecified atom stereocenters. The number of phenols is 2. The molecule has 0 atom stereocenters. The second-order valence-corrected chi connectivity index (χ2v) is 4.70. The lowest BCUT2D eigenvalue weighted by atomic mass is 10.1. The molecule has 0 bridgehead atoms. The van der Waals surface area contributed by atoms with Gasteiger partial charge in [0.15, 0.2) is 5.43 Å². The van der Waals surface area contributed by atoms with Crippen molar-refractivity contribution < 1.29 is 24.5 Å². The van der Waals surface area contributed by atoms with E-state index in [1.807, 2.05) is 30.3 Å². The van der Waals surface area contributed by atoms with Crippen LogP contribution in [0.3, 0.4) is 0 Å². The number of aliphatic carboxylic acids is 1. The average molecular weight is 314 g/mol. The van der Waals surface area contributed by atoms with Crippen molar-refractivity contribution in [2.75, 3.05) is 0 Å². The molecule has 23 heavy (non-hydrogen) atoms.